The van der Waals surface area contributed by atoms with Gasteiger partial charge in [0.25, 0.3) is 0 Å². The Morgan fingerprint density at radius 3 is 2.79 bits per heavy atom. The van der Waals surface area contributed by atoms with Gasteiger partial charge in [0, 0.05) is 32.1 Å². The summed E-state index contributed by atoms with van der Waals surface area (Å²) in [5.41, 5.74) is 0. The first-order chi connectivity index (χ1) is 9.19. The maximum Gasteiger partial charge on any atom is 0.191 e. The summed E-state index contributed by atoms with van der Waals surface area (Å²) in [6.07, 6.45) is 0. The first-order valence-electron chi connectivity index (χ1n) is 6.32. The van der Waals surface area contributed by atoms with E-state index in [0.29, 0.717) is 12.6 Å². The number of hydrogen-bond acceptors (Lipinski definition) is 4. The summed E-state index contributed by atoms with van der Waals surface area (Å²) in [5, 5.41) is 8.66. The molecule has 1 aromatic rings. The van der Waals surface area contributed by atoms with Gasteiger partial charge in [-0.1, -0.05) is 6.07 Å². The van der Waals surface area contributed by atoms with E-state index in [2.05, 4.69) is 52.1 Å². The zero-order valence-corrected chi connectivity index (χ0v) is 13.0. The molecular formula is C13H24N4OS. The molecule has 1 unspecified atom stereocenters. The third-order valence-corrected chi connectivity index (χ3v) is 3.75. The molecule has 0 aliphatic carbocycles. The molecule has 0 amide bonds. The van der Waals surface area contributed by atoms with Crippen LogP contribution in [0, 0.1) is 0 Å². The summed E-state index contributed by atoms with van der Waals surface area (Å²) >= 11 is 1.78. The third kappa shape index (κ3) is 5.59. The van der Waals surface area contributed by atoms with Gasteiger partial charge in [0.15, 0.2) is 5.96 Å². The van der Waals surface area contributed by atoms with Gasteiger partial charge >= 0.3 is 0 Å². The lowest BCUT2D eigenvalue weighted by Gasteiger charge is -2.24. The van der Waals surface area contributed by atoms with E-state index in [1.165, 1.54) is 4.88 Å². The topological polar surface area (TPSA) is 48.9 Å². The minimum absolute atomic E-state index is 0.348. The number of ether oxygens (including phenoxy) is 1. The van der Waals surface area contributed by atoms with Crippen LogP contribution in [-0.4, -0.2) is 58.8 Å². The second-order valence-electron chi connectivity index (χ2n) is 4.37. The van der Waals surface area contributed by atoms with Crippen molar-refractivity contribution in [1.82, 2.24) is 15.5 Å². The highest BCUT2D eigenvalue weighted by atomic mass is 32.1. The van der Waals surface area contributed by atoms with Crippen molar-refractivity contribution in [3.05, 3.63) is 22.4 Å². The average Bonchev–Trinajstić information content (AvgIpc) is 2.90. The van der Waals surface area contributed by atoms with E-state index >= 15 is 0 Å². The first-order valence-corrected chi connectivity index (χ1v) is 7.20. The first kappa shape index (κ1) is 15.9. The number of likely N-dealkylation sites (N-methyl/N-ethyl adjacent to an activating group) is 1. The number of guanidine groups is 1. The molecule has 0 aromatic carbocycles. The smallest absolute Gasteiger partial charge is 0.191 e. The number of methoxy groups -OCH3 is 1. The lowest BCUT2D eigenvalue weighted by molar-refractivity contribution is 0.203. The number of nitrogens with zero attached hydrogens (tertiary/aromatic N) is 2. The summed E-state index contributed by atoms with van der Waals surface area (Å²) < 4.78 is 5.01. The zero-order chi connectivity index (χ0) is 14.1. The molecule has 1 aromatic heterocycles. The molecule has 0 fully saturated rings. The molecule has 5 nitrogen and oxygen atoms in total. The summed E-state index contributed by atoms with van der Waals surface area (Å²) in [6, 6.07) is 4.60. The molecule has 0 saturated carbocycles. The summed E-state index contributed by atoms with van der Waals surface area (Å²) in [7, 11) is 7.65. The lowest BCUT2D eigenvalue weighted by atomic mass is 10.2. The Bertz CT molecular complexity index is 365. The highest BCUT2D eigenvalue weighted by molar-refractivity contribution is 7.10. The average molecular weight is 284 g/mol. The standard InChI is InChI=1S/C13H24N4OS/c1-14-13(15-7-8-18-4)16-10-11(17(2)3)12-6-5-9-19-12/h5-6,9,11H,7-8,10H2,1-4H3,(H2,14,15,16). The van der Waals surface area contributed by atoms with Crippen molar-refractivity contribution in [3.63, 3.8) is 0 Å². The minimum Gasteiger partial charge on any atom is -0.383 e. The molecule has 2 N–H and O–H groups in total. The Morgan fingerprint density at radius 2 is 2.26 bits per heavy atom. The van der Waals surface area contributed by atoms with Crippen LogP contribution in [0.1, 0.15) is 10.9 Å². The lowest BCUT2D eigenvalue weighted by Crippen LogP contribution is -2.42. The normalized spacial score (nSPS) is 13.6. The molecule has 108 valence electrons. The second kappa shape index (κ2) is 8.90. The van der Waals surface area contributed by atoms with Crippen molar-refractivity contribution in [2.45, 2.75) is 6.04 Å². The van der Waals surface area contributed by atoms with Gasteiger partial charge in [0.2, 0.25) is 0 Å². The number of rotatable bonds is 7. The largest absolute Gasteiger partial charge is 0.383 e. The van der Waals surface area contributed by atoms with Crippen molar-refractivity contribution < 1.29 is 4.74 Å². The van der Waals surface area contributed by atoms with Crippen molar-refractivity contribution >= 4 is 17.3 Å². The van der Waals surface area contributed by atoms with Crippen LogP contribution in [0.4, 0.5) is 0 Å². The summed E-state index contributed by atoms with van der Waals surface area (Å²) in [6.45, 7) is 2.24. The second-order valence-corrected chi connectivity index (χ2v) is 5.35. The molecule has 1 atom stereocenters. The van der Waals surface area contributed by atoms with Crippen molar-refractivity contribution in [1.29, 1.82) is 0 Å². The SMILES string of the molecule is CN=C(NCCOC)NCC(c1cccs1)N(C)C. The Hall–Kier alpha value is -1.11. The molecule has 6 heteroatoms. The molecule has 0 aliphatic heterocycles. The maximum atomic E-state index is 5.01. The van der Waals surface area contributed by atoms with Gasteiger partial charge in [0.05, 0.1) is 12.6 Å². The van der Waals surface area contributed by atoms with E-state index in [0.717, 1.165) is 19.0 Å². The Kier molecular flexibility index (Phi) is 7.47. The van der Waals surface area contributed by atoms with E-state index in [1.807, 2.05) is 0 Å². The van der Waals surface area contributed by atoms with Crippen LogP contribution in [-0.2, 0) is 4.74 Å². The zero-order valence-electron chi connectivity index (χ0n) is 12.1. The number of aliphatic imine (C=N–C) groups is 1. The fourth-order valence-corrected chi connectivity index (χ4v) is 2.63. The van der Waals surface area contributed by atoms with Crippen LogP contribution >= 0.6 is 11.3 Å². The number of nitrogens with one attached hydrogen (secondary N) is 2. The fraction of sp³-hybridized carbons (Fsp3) is 0.615. The molecule has 0 bridgehead atoms. The van der Waals surface area contributed by atoms with E-state index in [9.17, 15) is 0 Å². The van der Waals surface area contributed by atoms with E-state index in [1.54, 1.807) is 25.5 Å². The van der Waals surface area contributed by atoms with Crippen molar-refractivity contribution in [2.75, 3.05) is 47.9 Å². The minimum atomic E-state index is 0.348. The highest BCUT2D eigenvalue weighted by Crippen LogP contribution is 2.22. The van der Waals surface area contributed by atoms with Gasteiger partial charge < -0.3 is 20.3 Å². The van der Waals surface area contributed by atoms with E-state index in [-0.39, 0.29) is 0 Å². The van der Waals surface area contributed by atoms with Crippen molar-refractivity contribution in [3.8, 4) is 0 Å². The van der Waals surface area contributed by atoms with Gasteiger partial charge in [-0.25, -0.2) is 0 Å². The van der Waals surface area contributed by atoms with E-state index < -0.39 is 0 Å². The molecule has 1 rings (SSSR count). The Labute approximate surface area is 119 Å². The molecule has 0 saturated heterocycles. The van der Waals surface area contributed by atoms with Crippen LogP contribution in [0.25, 0.3) is 0 Å². The van der Waals surface area contributed by atoms with E-state index in [4.69, 9.17) is 4.74 Å². The van der Waals surface area contributed by atoms with Gasteiger partial charge in [-0.15, -0.1) is 11.3 Å². The van der Waals surface area contributed by atoms with Gasteiger partial charge in [-0.3, -0.25) is 4.99 Å². The monoisotopic (exact) mass is 284 g/mol. The highest BCUT2D eigenvalue weighted by Gasteiger charge is 2.15. The summed E-state index contributed by atoms with van der Waals surface area (Å²) in [5.74, 6) is 0.806. The van der Waals surface area contributed by atoms with Crippen LogP contribution < -0.4 is 10.6 Å². The molecule has 0 aliphatic rings. The van der Waals surface area contributed by atoms with Crippen LogP contribution in [0.3, 0.4) is 0 Å². The number of thiophene rings is 1. The Morgan fingerprint density at radius 1 is 1.47 bits per heavy atom. The molecule has 0 radical (unpaired) electrons. The van der Waals surface area contributed by atoms with Gasteiger partial charge in [0.1, 0.15) is 0 Å². The number of hydrogen-bond donors (Lipinski definition) is 2. The quantitative estimate of drug-likeness (QED) is 0.448. The van der Waals surface area contributed by atoms with Crippen LogP contribution in [0.2, 0.25) is 0 Å². The predicted octanol–water partition coefficient (Wildman–Crippen LogP) is 1.16. The Balaban J connectivity index is 2.47. The van der Waals surface area contributed by atoms with Crippen LogP contribution in [0.5, 0.6) is 0 Å². The van der Waals surface area contributed by atoms with Crippen molar-refractivity contribution in [2.24, 2.45) is 4.99 Å². The van der Waals surface area contributed by atoms with Gasteiger partial charge in [-0.05, 0) is 25.5 Å². The third-order valence-electron chi connectivity index (χ3n) is 2.78. The molecular weight excluding hydrogens is 260 g/mol. The summed E-state index contributed by atoms with van der Waals surface area (Å²) in [4.78, 5) is 7.76. The predicted molar refractivity (Wildman–Crippen MR) is 82.0 cm³/mol. The van der Waals surface area contributed by atoms with Crippen LogP contribution in [0.15, 0.2) is 22.5 Å². The maximum absolute atomic E-state index is 5.01. The van der Waals surface area contributed by atoms with Gasteiger partial charge in [-0.2, -0.15) is 0 Å². The molecule has 19 heavy (non-hydrogen) atoms. The molecule has 1 heterocycles. The fourth-order valence-electron chi connectivity index (χ4n) is 1.70. The molecule has 0 spiro atoms.